The quantitative estimate of drug-likeness (QED) is 0.180. The van der Waals surface area contributed by atoms with Gasteiger partial charge in [-0.1, -0.05) is 139 Å². The fourth-order valence-electron chi connectivity index (χ4n) is 7.42. The minimum Gasteiger partial charge on any atom is -0.455 e. The normalized spacial score (nSPS) is 14.7. The zero-order chi connectivity index (χ0) is 44.5. The van der Waals surface area contributed by atoms with Crippen molar-refractivity contribution in [3.8, 4) is 22.3 Å². The largest absolute Gasteiger partial charge is 0.455 e. The van der Waals surface area contributed by atoms with E-state index in [1.807, 2.05) is 115 Å². The Hall–Kier alpha value is -7.10. The lowest BCUT2D eigenvalue weighted by Gasteiger charge is -2.26. The summed E-state index contributed by atoms with van der Waals surface area (Å²) in [7, 11) is 0. The van der Waals surface area contributed by atoms with Crippen LogP contribution in [0.15, 0.2) is 197 Å². The molecule has 0 aliphatic carbocycles. The summed E-state index contributed by atoms with van der Waals surface area (Å²) in [5, 5.41) is 4.53. The van der Waals surface area contributed by atoms with E-state index in [9.17, 15) is 5.48 Å². The van der Waals surface area contributed by atoms with Crippen molar-refractivity contribution in [2.75, 3.05) is 4.90 Å². The number of hydrogen-bond acceptors (Lipinski definition) is 3. The Bertz CT molecular complexity index is 3780. The van der Waals surface area contributed by atoms with Gasteiger partial charge in [0, 0.05) is 38.5 Å². The van der Waals surface area contributed by atoms with Gasteiger partial charge >= 0.3 is 0 Å². The second-order valence-corrected chi connectivity index (χ2v) is 12.8. The lowest BCUT2D eigenvalue weighted by Crippen LogP contribution is -2.10. The molecule has 11 rings (SSSR count). The van der Waals surface area contributed by atoms with E-state index in [0.29, 0.717) is 33.5 Å². The topological polar surface area (TPSA) is 29.5 Å². The van der Waals surface area contributed by atoms with Gasteiger partial charge in [0.15, 0.2) is 0 Å². The van der Waals surface area contributed by atoms with Crippen LogP contribution in [0, 0.1) is 0 Å². The van der Waals surface area contributed by atoms with Gasteiger partial charge in [-0.3, -0.25) is 0 Å². The Morgan fingerprint density at radius 2 is 1.13 bits per heavy atom. The highest BCUT2D eigenvalue weighted by Crippen LogP contribution is 2.45. The van der Waals surface area contributed by atoms with Gasteiger partial charge in [-0.05, 0) is 81.3 Å². The number of hydrogen-bond donors (Lipinski definition) is 0. The molecular weight excluding hydrogens is 647 g/mol. The molecule has 2 heterocycles. The molecule has 0 spiro atoms. The standard InChI is InChI=1S/C50H31NO2/c1-3-13-38-32(10-1)12-7-16-39(38)34-22-27-36(28-23-34)51(45-19-9-21-47-48(45)44-31-26-33-11-2-4-14-40(33)50(44)53-47)37-29-24-35(25-30-37)41-17-8-18-43-42-15-5-6-20-46(42)52-49(41)43/h1-31H/i1D,3D,7D,10D,12D,13D,16D,22D,23D,27D,28D. The molecule has 0 saturated carbocycles. The van der Waals surface area contributed by atoms with E-state index < -0.39 is 77.6 Å². The highest BCUT2D eigenvalue weighted by molar-refractivity contribution is 6.19. The average Bonchev–Trinajstić information content (AvgIpc) is 3.90. The molecule has 0 unspecified atom stereocenters. The molecule has 0 amide bonds. The molecule has 53 heavy (non-hydrogen) atoms. The lowest BCUT2D eigenvalue weighted by molar-refractivity contribution is 0.670. The van der Waals surface area contributed by atoms with Gasteiger partial charge in [0.05, 0.1) is 26.2 Å². The summed E-state index contributed by atoms with van der Waals surface area (Å²) in [6.45, 7) is 0. The molecular formula is C50H31NO2. The molecule has 3 nitrogen and oxygen atoms in total. The Labute approximate surface area is 321 Å². The first-order valence-corrected chi connectivity index (χ1v) is 17.1. The highest BCUT2D eigenvalue weighted by atomic mass is 16.3. The Kier molecular flexibility index (Phi) is 4.57. The van der Waals surface area contributed by atoms with Crippen LogP contribution in [-0.4, -0.2) is 0 Å². The second-order valence-electron chi connectivity index (χ2n) is 12.8. The monoisotopic (exact) mass is 688 g/mol. The van der Waals surface area contributed by atoms with Crippen molar-refractivity contribution in [1.29, 1.82) is 0 Å². The van der Waals surface area contributed by atoms with Crippen molar-refractivity contribution in [3.63, 3.8) is 0 Å². The van der Waals surface area contributed by atoms with Crippen LogP contribution in [-0.2, 0) is 0 Å². The smallest absolute Gasteiger partial charge is 0.143 e. The predicted octanol–water partition coefficient (Wildman–Crippen LogP) is 14.6. The van der Waals surface area contributed by atoms with E-state index in [0.717, 1.165) is 43.6 Å². The van der Waals surface area contributed by atoms with Gasteiger partial charge in [0.2, 0.25) is 0 Å². The maximum Gasteiger partial charge on any atom is 0.143 e. The number of nitrogens with zero attached hydrogens (tertiary/aromatic N) is 1. The van der Waals surface area contributed by atoms with E-state index in [1.165, 1.54) is 0 Å². The zero-order valence-electron chi connectivity index (χ0n) is 38.8. The number of fused-ring (bicyclic) bond motifs is 9. The molecule has 11 aromatic rings. The van der Waals surface area contributed by atoms with Crippen LogP contribution < -0.4 is 4.90 Å². The Morgan fingerprint density at radius 1 is 0.396 bits per heavy atom. The molecule has 0 fully saturated rings. The van der Waals surface area contributed by atoms with Crippen molar-refractivity contribution in [1.82, 2.24) is 0 Å². The summed E-state index contributed by atoms with van der Waals surface area (Å²) < 4.78 is 112. The van der Waals surface area contributed by atoms with Crippen LogP contribution in [0.1, 0.15) is 15.1 Å². The van der Waals surface area contributed by atoms with Crippen LogP contribution in [0.2, 0.25) is 0 Å². The van der Waals surface area contributed by atoms with Crippen molar-refractivity contribution in [3.05, 3.63) is 188 Å². The Morgan fingerprint density at radius 3 is 2.04 bits per heavy atom. The third-order valence-electron chi connectivity index (χ3n) is 9.84. The van der Waals surface area contributed by atoms with Crippen molar-refractivity contribution >= 4 is 82.5 Å². The molecule has 0 bridgehead atoms. The lowest BCUT2D eigenvalue weighted by atomic mass is 9.98. The third-order valence-corrected chi connectivity index (χ3v) is 9.84. The van der Waals surface area contributed by atoms with Crippen LogP contribution in [0.4, 0.5) is 17.1 Å². The number of furan rings is 2. The summed E-state index contributed by atoms with van der Waals surface area (Å²) in [6, 6.07) is 31.7. The van der Waals surface area contributed by atoms with Gasteiger partial charge in [-0.2, -0.15) is 0 Å². The van der Waals surface area contributed by atoms with Crippen LogP contribution in [0.3, 0.4) is 0 Å². The third kappa shape index (κ3) is 4.68. The van der Waals surface area contributed by atoms with Gasteiger partial charge in [-0.25, -0.2) is 0 Å². The van der Waals surface area contributed by atoms with Gasteiger partial charge in [0.1, 0.15) is 22.3 Å². The average molecular weight is 689 g/mol. The van der Waals surface area contributed by atoms with E-state index in [1.54, 1.807) is 11.0 Å². The molecule has 0 N–H and O–H groups in total. The predicted molar refractivity (Wildman–Crippen MR) is 222 cm³/mol. The molecule has 3 heteroatoms. The molecule has 0 aliphatic heterocycles. The Balaban J connectivity index is 1.19. The van der Waals surface area contributed by atoms with Gasteiger partial charge in [-0.15, -0.1) is 0 Å². The van der Waals surface area contributed by atoms with Crippen LogP contribution in [0.25, 0.3) is 87.7 Å². The first-order valence-electron chi connectivity index (χ1n) is 22.6. The summed E-state index contributed by atoms with van der Waals surface area (Å²) in [4.78, 5) is 1.65. The molecule has 2 aromatic heterocycles. The first kappa shape index (κ1) is 20.7. The summed E-state index contributed by atoms with van der Waals surface area (Å²) >= 11 is 0. The van der Waals surface area contributed by atoms with Gasteiger partial charge in [0.25, 0.3) is 0 Å². The molecule has 9 aromatic carbocycles. The zero-order valence-corrected chi connectivity index (χ0v) is 27.8. The first-order chi connectivity index (χ1) is 30.9. The van der Waals surface area contributed by atoms with E-state index in [-0.39, 0.29) is 16.5 Å². The number of benzene rings is 9. The van der Waals surface area contributed by atoms with Crippen molar-refractivity contribution in [2.24, 2.45) is 0 Å². The minimum absolute atomic E-state index is 0.144. The summed E-state index contributed by atoms with van der Waals surface area (Å²) in [6.07, 6.45) is 0. The molecule has 0 atom stereocenters. The van der Waals surface area contributed by atoms with Gasteiger partial charge < -0.3 is 13.7 Å². The molecule has 0 aliphatic rings. The van der Waals surface area contributed by atoms with E-state index >= 15 is 0 Å². The summed E-state index contributed by atoms with van der Waals surface area (Å²) in [5.41, 5.74) is 4.29. The summed E-state index contributed by atoms with van der Waals surface area (Å²) in [5.74, 6) is 0. The maximum atomic E-state index is 9.70. The van der Waals surface area contributed by atoms with E-state index in [4.69, 9.17) is 18.4 Å². The maximum absolute atomic E-state index is 9.70. The number of rotatable bonds is 5. The second kappa shape index (κ2) is 11.7. The fourth-order valence-corrected chi connectivity index (χ4v) is 7.42. The fraction of sp³-hybridized carbons (Fsp3) is 0. The van der Waals surface area contributed by atoms with E-state index in [2.05, 4.69) is 0 Å². The number of para-hydroxylation sites is 2. The number of anilines is 3. The van der Waals surface area contributed by atoms with Crippen LogP contribution in [0.5, 0.6) is 0 Å². The molecule has 0 radical (unpaired) electrons. The molecule has 0 saturated heterocycles. The minimum atomic E-state index is -0.681. The van der Waals surface area contributed by atoms with Crippen LogP contribution >= 0.6 is 0 Å². The van der Waals surface area contributed by atoms with Crippen molar-refractivity contribution in [2.45, 2.75) is 0 Å². The SMILES string of the molecule is [2H]c1c([2H])c(N(c2ccc(-c3cccc4c3oc3ccccc34)cc2)c2cccc3oc4c5ccccc5ccc4c23)c([2H])c([2H])c1-c1c([2H])c([2H])c([2H])c2c([2H])c([2H])c([2H])c([2H])c12. The highest BCUT2D eigenvalue weighted by Gasteiger charge is 2.21. The van der Waals surface area contributed by atoms with Crippen molar-refractivity contribution < 1.29 is 23.9 Å². The molecule has 248 valence electrons.